The van der Waals surface area contributed by atoms with Crippen LogP contribution in [0.5, 0.6) is 0 Å². The summed E-state index contributed by atoms with van der Waals surface area (Å²) in [6.45, 7) is 10.4. The highest BCUT2D eigenvalue weighted by molar-refractivity contribution is 5.78. The van der Waals surface area contributed by atoms with Crippen LogP contribution in [0.3, 0.4) is 0 Å². The summed E-state index contributed by atoms with van der Waals surface area (Å²) in [5, 5.41) is 4.90. The number of carbonyl (C=O) groups is 1. The lowest BCUT2D eigenvalue weighted by atomic mass is 10.1. The highest BCUT2D eigenvalue weighted by atomic mass is 16.2. The van der Waals surface area contributed by atoms with Crippen LogP contribution < -0.4 is 0 Å². The van der Waals surface area contributed by atoms with E-state index in [0.717, 1.165) is 22.5 Å². The van der Waals surface area contributed by atoms with Gasteiger partial charge in [0.2, 0.25) is 5.91 Å². The molecule has 6 nitrogen and oxygen atoms in total. The molecule has 3 aromatic heterocycles. The van der Waals surface area contributed by atoms with E-state index in [2.05, 4.69) is 55.7 Å². The van der Waals surface area contributed by atoms with E-state index >= 15 is 0 Å². The number of rotatable bonds is 5. The number of pyridine rings is 1. The largest absolute Gasteiger partial charge is 0.347 e. The van der Waals surface area contributed by atoms with E-state index in [1.807, 2.05) is 27.8 Å². The van der Waals surface area contributed by atoms with Crippen molar-refractivity contribution in [1.29, 1.82) is 0 Å². The Kier molecular flexibility index (Phi) is 5.26. The topological polar surface area (TPSA) is 56.0 Å². The Morgan fingerprint density at radius 1 is 1.14 bits per heavy atom. The van der Waals surface area contributed by atoms with Crippen LogP contribution in [0.1, 0.15) is 57.1 Å². The zero-order valence-corrected chi connectivity index (χ0v) is 17.7. The van der Waals surface area contributed by atoms with Crippen molar-refractivity contribution >= 4 is 5.91 Å². The second-order valence-electron chi connectivity index (χ2n) is 8.55. The van der Waals surface area contributed by atoms with Crippen molar-refractivity contribution in [2.24, 2.45) is 5.92 Å². The highest BCUT2D eigenvalue weighted by Crippen LogP contribution is 2.34. The maximum absolute atomic E-state index is 13.0. The lowest BCUT2D eigenvalue weighted by Gasteiger charge is -2.24. The number of fused-ring (bicyclic) bond motifs is 3. The van der Waals surface area contributed by atoms with Crippen LogP contribution in [0, 0.1) is 5.92 Å². The molecule has 3 aromatic rings. The van der Waals surface area contributed by atoms with Crippen molar-refractivity contribution < 1.29 is 4.79 Å². The number of nitrogens with zero attached hydrogens (tertiary/aromatic N) is 5. The van der Waals surface area contributed by atoms with Crippen molar-refractivity contribution in [3.05, 3.63) is 59.8 Å². The number of aromatic nitrogens is 4. The van der Waals surface area contributed by atoms with Gasteiger partial charge in [-0.2, -0.15) is 5.10 Å². The molecule has 0 aliphatic carbocycles. The van der Waals surface area contributed by atoms with Gasteiger partial charge in [-0.15, -0.1) is 0 Å². The van der Waals surface area contributed by atoms with Gasteiger partial charge >= 0.3 is 0 Å². The molecule has 0 spiro atoms. The molecule has 0 atom stereocenters. The molecule has 0 saturated carbocycles. The van der Waals surface area contributed by atoms with Crippen molar-refractivity contribution in [3.8, 4) is 11.3 Å². The third-order valence-corrected chi connectivity index (χ3v) is 5.36. The fraction of sp³-hybridized carbons (Fsp3) is 0.435. The predicted octanol–water partition coefficient (Wildman–Crippen LogP) is 4.26. The summed E-state index contributed by atoms with van der Waals surface area (Å²) in [7, 11) is 0. The van der Waals surface area contributed by atoms with Gasteiger partial charge in [-0.1, -0.05) is 19.9 Å². The summed E-state index contributed by atoms with van der Waals surface area (Å²) in [5.74, 6) is 0.543. The van der Waals surface area contributed by atoms with Crippen LogP contribution in [0.2, 0.25) is 0 Å². The minimum absolute atomic E-state index is 0.202. The van der Waals surface area contributed by atoms with E-state index in [1.54, 1.807) is 6.20 Å². The first-order valence-corrected chi connectivity index (χ1v) is 10.4. The number of hydrogen-bond donors (Lipinski definition) is 0. The van der Waals surface area contributed by atoms with Gasteiger partial charge in [0.1, 0.15) is 0 Å². The monoisotopic (exact) mass is 391 g/mol. The molecule has 0 bridgehead atoms. The van der Waals surface area contributed by atoms with Crippen LogP contribution in [0.4, 0.5) is 0 Å². The van der Waals surface area contributed by atoms with Gasteiger partial charge in [-0.25, -0.2) is 0 Å². The molecule has 4 heterocycles. The molecule has 6 heteroatoms. The van der Waals surface area contributed by atoms with Crippen molar-refractivity contribution in [2.45, 2.75) is 59.8 Å². The lowest BCUT2D eigenvalue weighted by Crippen LogP contribution is -2.31. The Morgan fingerprint density at radius 2 is 1.97 bits per heavy atom. The van der Waals surface area contributed by atoms with Gasteiger partial charge in [0.05, 0.1) is 24.5 Å². The highest BCUT2D eigenvalue weighted by Gasteiger charge is 2.28. The predicted molar refractivity (Wildman–Crippen MR) is 113 cm³/mol. The minimum atomic E-state index is 0.202. The lowest BCUT2D eigenvalue weighted by molar-refractivity contribution is -0.133. The first kappa shape index (κ1) is 19.4. The second kappa shape index (κ2) is 7.85. The van der Waals surface area contributed by atoms with Crippen molar-refractivity contribution in [1.82, 2.24) is 24.2 Å². The van der Waals surface area contributed by atoms with E-state index in [0.29, 0.717) is 38.0 Å². The molecule has 1 amide bonds. The molecule has 152 valence electrons. The average molecular weight is 392 g/mol. The summed E-state index contributed by atoms with van der Waals surface area (Å²) >= 11 is 0. The molecule has 0 unspecified atom stereocenters. The normalized spacial score (nSPS) is 13.5. The number of carbonyl (C=O) groups excluding carboxylic acids is 1. The van der Waals surface area contributed by atoms with Crippen LogP contribution in [0.15, 0.2) is 42.9 Å². The van der Waals surface area contributed by atoms with E-state index in [-0.39, 0.29) is 5.91 Å². The molecule has 0 N–H and O–H groups in total. The SMILES string of the molecule is CC(C)CC(=O)N1Cc2cn(Cc3ccccn3)nc2-c2ccn(C(C)C)c2C1. The maximum Gasteiger partial charge on any atom is 0.223 e. The standard InChI is InChI=1S/C23H29N5O/c1-16(2)11-22(29)26-12-18-13-27(14-19-7-5-6-9-24-19)25-23(18)20-8-10-28(17(3)4)21(20)15-26/h5-10,13,16-17H,11-12,14-15H2,1-4H3. The van der Waals surface area contributed by atoms with Gasteiger partial charge in [-0.3, -0.25) is 14.5 Å². The number of hydrogen-bond acceptors (Lipinski definition) is 3. The Bertz CT molecular complexity index is 1000. The van der Waals surface area contributed by atoms with E-state index in [4.69, 9.17) is 5.10 Å². The van der Waals surface area contributed by atoms with E-state index < -0.39 is 0 Å². The molecule has 1 aliphatic heterocycles. The number of amides is 1. The third-order valence-electron chi connectivity index (χ3n) is 5.36. The second-order valence-corrected chi connectivity index (χ2v) is 8.55. The Balaban J connectivity index is 1.74. The van der Waals surface area contributed by atoms with Crippen LogP contribution in [0.25, 0.3) is 11.3 Å². The summed E-state index contributed by atoms with van der Waals surface area (Å²) in [4.78, 5) is 19.4. The Labute approximate surface area is 172 Å². The van der Waals surface area contributed by atoms with Gasteiger partial charge in [0, 0.05) is 54.4 Å². The zero-order chi connectivity index (χ0) is 20.5. The van der Waals surface area contributed by atoms with Gasteiger partial charge < -0.3 is 9.47 Å². The van der Waals surface area contributed by atoms with Crippen LogP contribution in [-0.4, -0.2) is 30.1 Å². The van der Waals surface area contributed by atoms with Crippen molar-refractivity contribution in [3.63, 3.8) is 0 Å². The summed E-state index contributed by atoms with van der Waals surface area (Å²) in [5.41, 5.74) is 5.35. The minimum Gasteiger partial charge on any atom is -0.347 e. The summed E-state index contributed by atoms with van der Waals surface area (Å²) in [6, 6.07) is 8.39. The molecule has 0 radical (unpaired) electrons. The molecule has 1 aliphatic rings. The Hall–Kier alpha value is -2.89. The van der Waals surface area contributed by atoms with E-state index in [9.17, 15) is 4.79 Å². The van der Waals surface area contributed by atoms with Crippen molar-refractivity contribution in [2.75, 3.05) is 0 Å². The summed E-state index contributed by atoms with van der Waals surface area (Å²) in [6.07, 6.45) is 6.56. The molecule has 0 aromatic carbocycles. The van der Waals surface area contributed by atoms with Crippen LogP contribution in [-0.2, 0) is 24.4 Å². The van der Waals surface area contributed by atoms with Crippen LogP contribution >= 0.6 is 0 Å². The Morgan fingerprint density at radius 3 is 2.66 bits per heavy atom. The third kappa shape index (κ3) is 3.97. The van der Waals surface area contributed by atoms with E-state index in [1.165, 1.54) is 5.69 Å². The fourth-order valence-corrected chi connectivity index (χ4v) is 3.99. The smallest absolute Gasteiger partial charge is 0.223 e. The quantitative estimate of drug-likeness (QED) is 0.653. The van der Waals surface area contributed by atoms with Gasteiger partial charge in [0.15, 0.2) is 0 Å². The van der Waals surface area contributed by atoms with Gasteiger partial charge in [-0.05, 0) is 38.0 Å². The molecule has 0 saturated heterocycles. The fourth-order valence-electron chi connectivity index (χ4n) is 3.99. The first-order valence-electron chi connectivity index (χ1n) is 10.4. The maximum atomic E-state index is 13.0. The molecule has 0 fully saturated rings. The molecule has 29 heavy (non-hydrogen) atoms. The molecular formula is C23H29N5O. The molecular weight excluding hydrogens is 362 g/mol. The summed E-state index contributed by atoms with van der Waals surface area (Å²) < 4.78 is 4.21. The average Bonchev–Trinajstić information content (AvgIpc) is 3.22. The van der Waals surface area contributed by atoms with Gasteiger partial charge in [0.25, 0.3) is 0 Å². The first-order chi connectivity index (χ1) is 13.9. The molecule has 4 rings (SSSR count). The zero-order valence-electron chi connectivity index (χ0n) is 17.7.